The van der Waals surface area contributed by atoms with Gasteiger partial charge in [0.1, 0.15) is 5.82 Å². The SMILES string of the molecule is Cc1cccc2cc(-c3nccn3CC3CCN(C)CC3)c(=O)[nH]c12. The van der Waals surface area contributed by atoms with Gasteiger partial charge in [-0.15, -0.1) is 0 Å². The molecule has 3 aromatic rings. The second-order valence-corrected chi connectivity index (χ2v) is 7.20. The number of aromatic amines is 1. The van der Waals surface area contributed by atoms with Gasteiger partial charge in [0.25, 0.3) is 5.56 Å². The molecule has 1 aromatic carbocycles. The summed E-state index contributed by atoms with van der Waals surface area (Å²) in [4.78, 5) is 22.6. The number of H-pyrrole nitrogens is 1. The first-order valence-corrected chi connectivity index (χ1v) is 8.94. The molecule has 0 bridgehead atoms. The van der Waals surface area contributed by atoms with Crippen LogP contribution in [0.4, 0.5) is 0 Å². The summed E-state index contributed by atoms with van der Waals surface area (Å²) in [5.41, 5.74) is 2.56. The summed E-state index contributed by atoms with van der Waals surface area (Å²) >= 11 is 0. The number of para-hydroxylation sites is 1. The van der Waals surface area contributed by atoms with Gasteiger partial charge in [0.05, 0.1) is 11.1 Å². The molecule has 5 heteroatoms. The first-order chi connectivity index (χ1) is 12.1. The Kier molecular flexibility index (Phi) is 4.17. The lowest BCUT2D eigenvalue weighted by Gasteiger charge is -2.29. The van der Waals surface area contributed by atoms with E-state index in [4.69, 9.17) is 0 Å². The molecule has 130 valence electrons. The Hall–Kier alpha value is -2.40. The molecule has 0 radical (unpaired) electrons. The normalized spacial score (nSPS) is 16.6. The summed E-state index contributed by atoms with van der Waals surface area (Å²) in [6.07, 6.45) is 6.18. The van der Waals surface area contributed by atoms with Crippen molar-refractivity contribution in [3.63, 3.8) is 0 Å². The Labute approximate surface area is 147 Å². The van der Waals surface area contributed by atoms with Crippen molar-refractivity contribution >= 4 is 10.9 Å². The maximum Gasteiger partial charge on any atom is 0.259 e. The molecule has 1 aliphatic rings. The van der Waals surface area contributed by atoms with Gasteiger partial charge in [0.2, 0.25) is 0 Å². The zero-order valence-corrected chi connectivity index (χ0v) is 14.8. The van der Waals surface area contributed by atoms with E-state index in [0.29, 0.717) is 11.5 Å². The van der Waals surface area contributed by atoms with Crippen LogP contribution in [0.1, 0.15) is 18.4 Å². The van der Waals surface area contributed by atoms with Crippen molar-refractivity contribution in [1.82, 2.24) is 19.4 Å². The van der Waals surface area contributed by atoms with Crippen LogP contribution in [-0.2, 0) is 6.54 Å². The standard InChI is InChI=1S/C20H24N4O/c1-14-4-3-5-16-12-17(20(25)22-18(14)16)19-21-8-11-24(19)13-15-6-9-23(2)10-7-15/h3-5,8,11-12,15H,6-7,9-10,13H2,1-2H3,(H,22,25). The van der Waals surface area contributed by atoms with Crippen LogP contribution in [0.2, 0.25) is 0 Å². The van der Waals surface area contributed by atoms with Gasteiger partial charge in [-0.3, -0.25) is 4.79 Å². The monoisotopic (exact) mass is 336 g/mol. The Morgan fingerprint density at radius 1 is 1.28 bits per heavy atom. The van der Waals surface area contributed by atoms with E-state index in [1.54, 1.807) is 6.20 Å². The Bertz CT molecular complexity index is 948. The second-order valence-electron chi connectivity index (χ2n) is 7.20. The maximum atomic E-state index is 12.7. The van der Waals surface area contributed by atoms with Crippen LogP contribution < -0.4 is 5.56 Å². The van der Waals surface area contributed by atoms with Gasteiger partial charge in [-0.2, -0.15) is 0 Å². The van der Waals surface area contributed by atoms with Crippen molar-refractivity contribution in [3.8, 4) is 11.4 Å². The highest BCUT2D eigenvalue weighted by Gasteiger charge is 2.19. The van der Waals surface area contributed by atoms with Gasteiger partial charge in [-0.05, 0) is 62.8 Å². The quantitative estimate of drug-likeness (QED) is 0.800. The van der Waals surface area contributed by atoms with Gasteiger partial charge in [0, 0.05) is 18.9 Å². The number of nitrogens with zero attached hydrogens (tertiary/aromatic N) is 3. The highest BCUT2D eigenvalue weighted by atomic mass is 16.1. The van der Waals surface area contributed by atoms with Crippen LogP contribution in [0.25, 0.3) is 22.3 Å². The zero-order valence-electron chi connectivity index (χ0n) is 14.8. The molecule has 4 rings (SSSR count). The number of hydrogen-bond donors (Lipinski definition) is 1. The van der Waals surface area contributed by atoms with E-state index < -0.39 is 0 Å². The molecule has 0 spiro atoms. The van der Waals surface area contributed by atoms with Crippen LogP contribution in [0.3, 0.4) is 0 Å². The summed E-state index contributed by atoms with van der Waals surface area (Å²) in [5, 5.41) is 1.04. The van der Waals surface area contributed by atoms with E-state index in [1.807, 2.05) is 37.4 Å². The predicted molar refractivity (Wildman–Crippen MR) is 101 cm³/mol. The minimum Gasteiger partial charge on any atom is -0.331 e. The lowest BCUT2D eigenvalue weighted by molar-refractivity contribution is 0.205. The van der Waals surface area contributed by atoms with Crippen LogP contribution in [0, 0.1) is 12.8 Å². The van der Waals surface area contributed by atoms with E-state index in [0.717, 1.165) is 41.9 Å². The van der Waals surface area contributed by atoms with Crippen molar-refractivity contribution < 1.29 is 0 Å². The topological polar surface area (TPSA) is 53.9 Å². The highest BCUT2D eigenvalue weighted by molar-refractivity contribution is 5.84. The van der Waals surface area contributed by atoms with Gasteiger partial charge >= 0.3 is 0 Å². The average molecular weight is 336 g/mol. The molecule has 0 atom stereocenters. The summed E-state index contributed by atoms with van der Waals surface area (Å²) in [5.74, 6) is 1.41. The number of rotatable bonds is 3. The summed E-state index contributed by atoms with van der Waals surface area (Å²) in [7, 11) is 2.18. The van der Waals surface area contributed by atoms with Crippen molar-refractivity contribution in [1.29, 1.82) is 0 Å². The molecule has 5 nitrogen and oxygen atoms in total. The van der Waals surface area contributed by atoms with E-state index in [1.165, 1.54) is 12.8 Å². The van der Waals surface area contributed by atoms with E-state index >= 15 is 0 Å². The third kappa shape index (κ3) is 3.12. The van der Waals surface area contributed by atoms with E-state index in [-0.39, 0.29) is 5.56 Å². The highest BCUT2D eigenvalue weighted by Crippen LogP contribution is 2.23. The zero-order chi connectivity index (χ0) is 17.4. The minimum atomic E-state index is -0.0716. The first-order valence-electron chi connectivity index (χ1n) is 8.94. The van der Waals surface area contributed by atoms with Gasteiger partial charge in [-0.25, -0.2) is 4.98 Å². The second kappa shape index (κ2) is 6.48. The molecule has 1 saturated heterocycles. The van der Waals surface area contributed by atoms with Gasteiger partial charge < -0.3 is 14.5 Å². The van der Waals surface area contributed by atoms with Crippen LogP contribution in [0.5, 0.6) is 0 Å². The third-order valence-electron chi connectivity index (χ3n) is 5.34. The molecular formula is C20H24N4O. The van der Waals surface area contributed by atoms with Crippen LogP contribution in [-0.4, -0.2) is 39.6 Å². The molecule has 2 aromatic heterocycles. The molecule has 25 heavy (non-hydrogen) atoms. The number of imidazole rings is 1. The summed E-state index contributed by atoms with van der Waals surface area (Å²) in [6, 6.07) is 8.03. The molecule has 1 aliphatic heterocycles. The number of likely N-dealkylation sites (tertiary alicyclic amines) is 1. The number of benzene rings is 1. The molecule has 0 saturated carbocycles. The number of aromatic nitrogens is 3. The minimum absolute atomic E-state index is 0.0716. The van der Waals surface area contributed by atoms with Crippen molar-refractivity contribution in [2.24, 2.45) is 5.92 Å². The lowest BCUT2D eigenvalue weighted by Crippen LogP contribution is -2.32. The van der Waals surface area contributed by atoms with Crippen LogP contribution >= 0.6 is 0 Å². The number of nitrogens with one attached hydrogen (secondary N) is 1. The Morgan fingerprint density at radius 2 is 2.08 bits per heavy atom. The van der Waals surface area contributed by atoms with E-state index in [2.05, 4.69) is 26.5 Å². The average Bonchev–Trinajstić information content (AvgIpc) is 3.05. The first kappa shape index (κ1) is 16.1. The number of piperidine rings is 1. The lowest BCUT2D eigenvalue weighted by atomic mass is 9.97. The molecular weight excluding hydrogens is 312 g/mol. The largest absolute Gasteiger partial charge is 0.331 e. The fourth-order valence-corrected chi connectivity index (χ4v) is 3.77. The Balaban J connectivity index is 1.69. The predicted octanol–water partition coefficient (Wildman–Crippen LogP) is 3.04. The van der Waals surface area contributed by atoms with Gasteiger partial charge in [0.15, 0.2) is 0 Å². The number of fused-ring (bicyclic) bond motifs is 1. The number of pyridine rings is 1. The maximum absolute atomic E-state index is 12.7. The fraction of sp³-hybridized carbons (Fsp3) is 0.400. The Morgan fingerprint density at radius 3 is 2.88 bits per heavy atom. The molecule has 0 amide bonds. The molecule has 1 fully saturated rings. The summed E-state index contributed by atoms with van der Waals surface area (Å²) in [6.45, 7) is 5.22. The van der Waals surface area contributed by atoms with Crippen LogP contribution in [0.15, 0.2) is 41.5 Å². The fourth-order valence-electron chi connectivity index (χ4n) is 3.77. The smallest absolute Gasteiger partial charge is 0.259 e. The van der Waals surface area contributed by atoms with E-state index in [9.17, 15) is 4.79 Å². The third-order valence-corrected chi connectivity index (χ3v) is 5.34. The number of aryl methyl sites for hydroxylation is 1. The van der Waals surface area contributed by atoms with Gasteiger partial charge in [-0.1, -0.05) is 18.2 Å². The number of hydrogen-bond acceptors (Lipinski definition) is 3. The molecule has 1 N–H and O–H groups in total. The molecule has 0 aliphatic carbocycles. The molecule has 3 heterocycles. The summed E-state index contributed by atoms with van der Waals surface area (Å²) < 4.78 is 2.14. The van der Waals surface area contributed by atoms with Crippen molar-refractivity contribution in [2.45, 2.75) is 26.3 Å². The van der Waals surface area contributed by atoms with Crippen molar-refractivity contribution in [2.75, 3.05) is 20.1 Å². The van der Waals surface area contributed by atoms with Crippen molar-refractivity contribution in [3.05, 3.63) is 52.6 Å². The molecule has 0 unspecified atom stereocenters.